The second kappa shape index (κ2) is 11.3. The minimum atomic E-state index is -0.0453. The Morgan fingerprint density at radius 2 is 1.91 bits per heavy atom. The van der Waals surface area contributed by atoms with Crippen molar-refractivity contribution < 1.29 is 19.0 Å². The molecule has 4 rings (SSSR count). The van der Waals surface area contributed by atoms with E-state index in [0.717, 1.165) is 56.3 Å². The third-order valence-corrected chi connectivity index (χ3v) is 6.49. The average molecular weight is 468 g/mol. The van der Waals surface area contributed by atoms with E-state index in [4.69, 9.17) is 19.2 Å². The summed E-state index contributed by atoms with van der Waals surface area (Å²) >= 11 is 1.46. The van der Waals surface area contributed by atoms with Crippen LogP contribution in [0.2, 0.25) is 0 Å². The molecule has 0 bridgehead atoms. The van der Waals surface area contributed by atoms with E-state index in [0.29, 0.717) is 23.0 Å². The highest BCUT2D eigenvalue weighted by atomic mass is 32.1. The average Bonchev–Trinajstić information content (AvgIpc) is 3.37. The van der Waals surface area contributed by atoms with Crippen LogP contribution in [-0.2, 0) is 4.74 Å². The molecule has 1 saturated heterocycles. The largest absolute Gasteiger partial charge is 0.497 e. The van der Waals surface area contributed by atoms with E-state index < -0.39 is 0 Å². The van der Waals surface area contributed by atoms with Crippen LogP contribution in [0.1, 0.15) is 16.8 Å². The van der Waals surface area contributed by atoms with Crippen molar-refractivity contribution in [2.75, 3.05) is 58.5 Å². The van der Waals surface area contributed by atoms with Crippen LogP contribution in [0, 0.1) is 0 Å². The number of hydrogen-bond donors (Lipinski definition) is 0. The van der Waals surface area contributed by atoms with E-state index in [-0.39, 0.29) is 5.91 Å². The summed E-state index contributed by atoms with van der Waals surface area (Å²) in [6.07, 6.45) is 0.857. The standard InChI is InChI=1S/C25H29N3O4S/c1-30-20-9-10-23(31-2)21(17-20)22-18-33-25(26-22)28(24(29)19-7-4-3-5-8-19)12-6-11-27-13-15-32-16-14-27/h3-5,7-10,17-18H,6,11-16H2,1-2H3. The van der Waals surface area contributed by atoms with E-state index in [1.54, 1.807) is 19.1 Å². The predicted octanol–water partition coefficient (Wildman–Crippen LogP) is 4.20. The van der Waals surface area contributed by atoms with Gasteiger partial charge in [-0.15, -0.1) is 11.3 Å². The summed E-state index contributed by atoms with van der Waals surface area (Å²) in [6.45, 7) is 4.92. The van der Waals surface area contributed by atoms with Gasteiger partial charge in [-0.3, -0.25) is 14.6 Å². The maximum Gasteiger partial charge on any atom is 0.260 e. The Bertz CT molecular complexity index is 1050. The Labute approximate surface area is 198 Å². The van der Waals surface area contributed by atoms with Crippen LogP contribution in [0.15, 0.2) is 53.9 Å². The summed E-state index contributed by atoms with van der Waals surface area (Å²) in [7, 11) is 3.27. The van der Waals surface area contributed by atoms with Crippen molar-refractivity contribution in [1.29, 1.82) is 0 Å². The number of thiazole rings is 1. The van der Waals surface area contributed by atoms with Crippen molar-refractivity contribution in [2.24, 2.45) is 0 Å². The molecule has 0 aliphatic carbocycles. The molecule has 0 saturated carbocycles. The fourth-order valence-electron chi connectivity index (χ4n) is 3.82. The number of morpholine rings is 1. The number of nitrogens with zero attached hydrogens (tertiary/aromatic N) is 3. The molecule has 0 unspecified atom stereocenters. The molecular weight excluding hydrogens is 438 g/mol. The molecule has 0 radical (unpaired) electrons. The Balaban J connectivity index is 1.58. The smallest absolute Gasteiger partial charge is 0.260 e. The van der Waals surface area contributed by atoms with Gasteiger partial charge in [-0.25, -0.2) is 4.98 Å². The molecule has 1 aliphatic heterocycles. The molecule has 2 aromatic carbocycles. The molecular formula is C25H29N3O4S. The van der Waals surface area contributed by atoms with Gasteiger partial charge in [-0.05, 0) is 36.8 Å². The Morgan fingerprint density at radius 3 is 2.64 bits per heavy atom. The molecule has 0 atom stereocenters. The summed E-state index contributed by atoms with van der Waals surface area (Å²) < 4.78 is 16.3. The molecule has 1 aromatic heterocycles. The van der Waals surface area contributed by atoms with Gasteiger partial charge in [-0.1, -0.05) is 18.2 Å². The van der Waals surface area contributed by atoms with E-state index in [9.17, 15) is 4.79 Å². The number of carbonyl (C=O) groups is 1. The Morgan fingerprint density at radius 1 is 1.12 bits per heavy atom. The Hall–Kier alpha value is -2.94. The third-order valence-electron chi connectivity index (χ3n) is 5.63. The Kier molecular flexibility index (Phi) is 7.93. The van der Waals surface area contributed by atoms with Crippen molar-refractivity contribution in [3.8, 4) is 22.8 Å². The van der Waals surface area contributed by atoms with Crippen LogP contribution in [0.25, 0.3) is 11.3 Å². The summed E-state index contributed by atoms with van der Waals surface area (Å²) in [5.41, 5.74) is 2.24. The SMILES string of the molecule is COc1ccc(OC)c(-c2csc(N(CCCN3CCOCC3)C(=O)c3ccccc3)n2)c1. The molecule has 174 valence electrons. The van der Waals surface area contributed by atoms with Gasteiger partial charge < -0.3 is 14.2 Å². The second-order valence-corrected chi connectivity index (χ2v) is 8.55. The molecule has 2 heterocycles. The first-order valence-electron chi connectivity index (χ1n) is 11.0. The van der Waals surface area contributed by atoms with Crippen LogP contribution < -0.4 is 14.4 Å². The number of aromatic nitrogens is 1. The monoisotopic (exact) mass is 467 g/mol. The van der Waals surface area contributed by atoms with E-state index in [1.165, 1.54) is 11.3 Å². The van der Waals surface area contributed by atoms with E-state index in [1.807, 2.05) is 53.9 Å². The van der Waals surface area contributed by atoms with Crippen LogP contribution >= 0.6 is 11.3 Å². The summed E-state index contributed by atoms with van der Waals surface area (Å²) in [5.74, 6) is 1.39. The number of anilines is 1. The lowest BCUT2D eigenvalue weighted by Crippen LogP contribution is -2.39. The maximum absolute atomic E-state index is 13.4. The zero-order valence-electron chi connectivity index (χ0n) is 19.0. The van der Waals surface area contributed by atoms with Gasteiger partial charge in [0, 0.05) is 42.7 Å². The fraction of sp³-hybridized carbons (Fsp3) is 0.360. The number of amides is 1. The number of hydrogen-bond acceptors (Lipinski definition) is 7. The molecule has 1 amide bonds. The molecule has 3 aromatic rings. The zero-order chi connectivity index (χ0) is 23.0. The van der Waals surface area contributed by atoms with Crippen LogP contribution in [0.3, 0.4) is 0 Å². The quantitative estimate of drug-likeness (QED) is 0.470. The first-order chi connectivity index (χ1) is 16.2. The predicted molar refractivity (Wildman–Crippen MR) is 131 cm³/mol. The summed E-state index contributed by atoms with van der Waals surface area (Å²) in [4.78, 5) is 22.4. The van der Waals surface area contributed by atoms with Crippen molar-refractivity contribution in [3.63, 3.8) is 0 Å². The van der Waals surface area contributed by atoms with Gasteiger partial charge in [0.05, 0.1) is 33.1 Å². The van der Waals surface area contributed by atoms with Crippen LogP contribution in [0.5, 0.6) is 11.5 Å². The second-order valence-electron chi connectivity index (χ2n) is 7.71. The van der Waals surface area contributed by atoms with Gasteiger partial charge in [0.15, 0.2) is 5.13 Å². The van der Waals surface area contributed by atoms with Crippen LogP contribution in [-0.4, -0.2) is 69.4 Å². The number of rotatable bonds is 9. The first kappa shape index (κ1) is 23.2. The lowest BCUT2D eigenvalue weighted by atomic mass is 10.1. The van der Waals surface area contributed by atoms with Gasteiger partial charge in [0.1, 0.15) is 11.5 Å². The normalized spacial score (nSPS) is 14.1. The van der Waals surface area contributed by atoms with Crippen molar-refractivity contribution >= 4 is 22.4 Å². The topological polar surface area (TPSA) is 64.1 Å². The lowest BCUT2D eigenvalue weighted by Gasteiger charge is -2.27. The van der Waals surface area contributed by atoms with Crippen molar-refractivity contribution in [1.82, 2.24) is 9.88 Å². The maximum atomic E-state index is 13.4. The molecule has 1 fully saturated rings. The number of methoxy groups -OCH3 is 2. The molecule has 7 nitrogen and oxygen atoms in total. The molecule has 1 aliphatic rings. The highest BCUT2D eigenvalue weighted by molar-refractivity contribution is 7.14. The highest BCUT2D eigenvalue weighted by Gasteiger charge is 2.22. The fourth-order valence-corrected chi connectivity index (χ4v) is 4.67. The summed E-state index contributed by atoms with van der Waals surface area (Å²) in [5, 5.41) is 2.63. The third kappa shape index (κ3) is 5.71. The minimum Gasteiger partial charge on any atom is -0.497 e. The number of benzene rings is 2. The van der Waals surface area contributed by atoms with Crippen molar-refractivity contribution in [3.05, 3.63) is 59.5 Å². The van der Waals surface area contributed by atoms with E-state index in [2.05, 4.69) is 4.90 Å². The van der Waals surface area contributed by atoms with Gasteiger partial charge >= 0.3 is 0 Å². The van der Waals surface area contributed by atoms with Gasteiger partial charge in [-0.2, -0.15) is 0 Å². The molecule has 8 heteroatoms. The van der Waals surface area contributed by atoms with Crippen LogP contribution in [0.4, 0.5) is 5.13 Å². The minimum absolute atomic E-state index is 0.0453. The number of carbonyl (C=O) groups excluding carboxylic acids is 1. The zero-order valence-corrected chi connectivity index (χ0v) is 19.8. The van der Waals surface area contributed by atoms with Gasteiger partial charge in [0.25, 0.3) is 5.91 Å². The number of ether oxygens (including phenoxy) is 3. The van der Waals surface area contributed by atoms with Crippen molar-refractivity contribution in [2.45, 2.75) is 6.42 Å². The highest BCUT2D eigenvalue weighted by Crippen LogP contribution is 2.36. The summed E-state index contributed by atoms with van der Waals surface area (Å²) in [6, 6.07) is 15.0. The molecule has 0 spiro atoms. The lowest BCUT2D eigenvalue weighted by molar-refractivity contribution is 0.0376. The molecule has 33 heavy (non-hydrogen) atoms. The molecule has 0 N–H and O–H groups in total. The first-order valence-corrected chi connectivity index (χ1v) is 11.9. The van der Waals surface area contributed by atoms with Gasteiger partial charge in [0.2, 0.25) is 0 Å². The van der Waals surface area contributed by atoms with E-state index >= 15 is 0 Å².